The summed E-state index contributed by atoms with van der Waals surface area (Å²) in [6.07, 6.45) is -1.24. The number of carbonyl (C=O) groups is 1. The van der Waals surface area contributed by atoms with Crippen LogP contribution in [0.25, 0.3) is 5.69 Å². The van der Waals surface area contributed by atoms with Crippen molar-refractivity contribution in [3.63, 3.8) is 0 Å². The molecule has 0 aliphatic heterocycles. The van der Waals surface area contributed by atoms with E-state index in [1.165, 1.54) is 4.68 Å². The lowest BCUT2D eigenvalue weighted by Gasteiger charge is -2.29. The van der Waals surface area contributed by atoms with Gasteiger partial charge in [0.2, 0.25) is 5.91 Å². The topological polar surface area (TPSA) is 80.0 Å². The second-order valence-electron chi connectivity index (χ2n) is 6.87. The highest BCUT2D eigenvalue weighted by atomic mass is 19.4. The number of aliphatic hydroxyl groups is 1. The first kappa shape index (κ1) is 19.3. The molecule has 2 N–H and O–H groups in total. The molecule has 1 aliphatic rings. The maximum Gasteiger partial charge on any atom is 0.391 e. The number of carbonyl (C=O) groups excluding carboxylic acids is 1. The predicted octanol–water partition coefficient (Wildman–Crippen LogP) is 3.46. The number of aromatic nitrogens is 3. The number of amides is 1. The summed E-state index contributed by atoms with van der Waals surface area (Å²) in [4.78, 5) is 12.2. The minimum Gasteiger partial charge on any atom is -0.390 e. The zero-order valence-electron chi connectivity index (χ0n) is 14.6. The van der Waals surface area contributed by atoms with E-state index in [2.05, 4.69) is 15.6 Å². The molecule has 0 radical (unpaired) electrons. The van der Waals surface area contributed by atoms with Crippen LogP contribution in [-0.4, -0.2) is 32.2 Å². The van der Waals surface area contributed by atoms with Crippen molar-refractivity contribution in [3.05, 3.63) is 36.2 Å². The third-order valence-corrected chi connectivity index (χ3v) is 4.90. The lowest BCUT2D eigenvalue weighted by atomic mass is 9.80. The summed E-state index contributed by atoms with van der Waals surface area (Å²) in [7, 11) is 0. The van der Waals surface area contributed by atoms with Gasteiger partial charge in [-0.05, 0) is 55.9 Å². The summed E-state index contributed by atoms with van der Waals surface area (Å²) in [5, 5.41) is 19.5. The predicted molar refractivity (Wildman–Crippen MR) is 92.0 cm³/mol. The molecular weight excluding hydrogens is 361 g/mol. The molecule has 146 valence electrons. The smallest absolute Gasteiger partial charge is 0.390 e. The van der Waals surface area contributed by atoms with Gasteiger partial charge in [0.1, 0.15) is 5.69 Å². The van der Waals surface area contributed by atoms with E-state index in [0.29, 0.717) is 24.2 Å². The summed E-state index contributed by atoms with van der Waals surface area (Å²) in [5.74, 6) is -1.43. The van der Waals surface area contributed by atoms with Crippen molar-refractivity contribution in [2.24, 2.45) is 11.8 Å². The first-order chi connectivity index (χ1) is 12.8. The third-order valence-electron chi connectivity index (χ3n) is 4.90. The van der Waals surface area contributed by atoms with E-state index >= 15 is 0 Å². The SMILES string of the molecule is O=C(CC1CCC(C(F)(F)F)CC1)Nc1ccc(-n2cc(CO)nn2)cc1. The highest BCUT2D eigenvalue weighted by Gasteiger charge is 2.41. The maximum atomic E-state index is 12.7. The van der Waals surface area contributed by atoms with Gasteiger partial charge in [-0.25, -0.2) is 4.68 Å². The normalized spacial score (nSPS) is 20.4. The first-order valence-electron chi connectivity index (χ1n) is 8.84. The van der Waals surface area contributed by atoms with Crippen molar-refractivity contribution in [1.82, 2.24) is 15.0 Å². The Balaban J connectivity index is 1.50. The number of alkyl halides is 3. The molecule has 1 aromatic carbocycles. The summed E-state index contributed by atoms with van der Waals surface area (Å²) in [6.45, 7) is -0.195. The lowest BCUT2D eigenvalue weighted by molar-refractivity contribution is -0.183. The highest BCUT2D eigenvalue weighted by Crippen LogP contribution is 2.40. The summed E-state index contributed by atoms with van der Waals surface area (Å²) in [5.41, 5.74) is 1.79. The van der Waals surface area contributed by atoms with Crippen molar-refractivity contribution in [2.45, 2.75) is 44.9 Å². The zero-order valence-corrected chi connectivity index (χ0v) is 14.6. The third kappa shape index (κ3) is 5.06. The van der Waals surface area contributed by atoms with E-state index in [9.17, 15) is 18.0 Å². The molecule has 0 unspecified atom stereocenters. The molecule has 1 amide bonds. The van der Waals surface area contributed by atoms with E-state index in [1.807, 2.05) is 0 Å². The Morgan fingerprint density at radius 3 is 2.41 bits per heavy atom. The molecule has 9 heteroatoms. The Bertz CT molecular complexity index is 766. The number of aliphatic hydroxyl groups excluding tert-OH is 1. The summed E-state index contributed by atoms with van der Waals surface area (Å²) in [6, 6.07) is 6.93. The molecule has 3 rings (SSSR count). The van der Waals surface area contributed by atoms with Crippen LogP contribution in [0.1, 0.15) is 37.8 Å². The molecule has 0 spiro atoms. The molecular formula is C18H21F3N4O2. The number of hydrogen-bond donors (Lipinski definition) is 2. The Kier molecular flexibility index (Phi) is 5.79. The van der Waals surface area contributed by atoms with Gasteiger partial charge in [0.25, 0.3) is 0 Å². The Labute approximate surface area is 154 Å². The molecule has 6 nitrogen and oxygen atoms in total. The van der Waals surface area contributed by atoms with E-state index in [-0.39, 0.29) is 37.7 Å². The maximum absolute atomic E-state index is 12.7. The highest BCUT2D eigenvalue weighted by molar-refractivity contribution is 5.90. The fraction of sp³-hybridized carbons (Fsp3) is 0.500. The van der Waals surface area contributed by atoms with Crippen LogP contribution < -0.4 is 5.32 Å². The Hall–Kier alpha value is -2.42. The van der Waals surface area contributed by atoms with Gasteiger partial charge >= 0.3 is 6.18 Å². The minimum atomic E-state index is -4.13. The first-order valence-corrected chi connectivity index (χ1v) is 8.84. The number of hydrogen-bond acceptors (Lipinski definition) is 4. The Morgan fingerprint density at radius 2 is 1.85 bits per heavy atom. The number of halogens is 3. The van der Waals surface area contributed by atoms with Crippen LogP contribution in [0.4, 0.5) is 18.9 Å². The number of benzene rings is 1. The average Bonchev–Trinajstić information content (AvgIpc) is 3.11. The molecule has 27 heavy (non-hydrogen) atoms. The number of rotatable bonds is 5. The largest absolute Gasteiger partial charge is 0.391 e. The van der Waals surface area contributed by atoms with E-state index < -0.39 is 12.1 Å². The van der Waals surface area contributed by atoms with Gasteiger partial charge in [-0.3, -0.25) is 4.79 Å². The van der Waals surface area contributed by atoms with Gasteiger partial charge in [0, 0.05) is 12.1 Å². The van der Waals surface area contributed by atoms with Crippen molar-refractivity contribution >= 4 is 11.6 Å². The average molecular weight is 382 g/mol. The van der Waals surface area contributed by atoms with Crippen LogP contribution in [0.3, 0.4) is 0 Å². The molecule has 1 saturated carbocycles. The number of nitrogens with one attached hydrogen (secondary N) is 1. The number of nitrogens with zero attached hydrogens (tertiary/aromatic N) is 3. The number of anilines is 1. The van der Waals surface area contributed by atoms with Crippen LogP contribution in [0.2, 0.25) is 0 Å². The molecule has 1 aromatic heterocycles. The standard InChI is InChI=1S/C18H21F3N4O2/c19-18(20,21)13-3-1-12(2-4-13)9-17(27)22-14-5-7-16(8-6-14)25-10-15(11-26)23-24-25/h5-8,10,12-13,26H,1-4,9,11H2,(H,22,27). The van der Waals surface area contributed by atoms with Gasteiger partial charge in [-0.1, -0.05) is 5.21 Å². The molecule has 1 heterocycles. The molecule has 1 aliphatic carbocycles. The fourth-order valence-electron chi connectivity index (χ4n) is 3.36. The van der Waals surface area contributed by atoms with E-state index in [4.69, 9.17) is 5.11 Å². The van der Waals surface area contributed by atoms with Gasteiger partial charge in [0.15, 0.2) is 0 Å². The van der Waals surface area contributed by atoms with Crippen molar-refractivity contribution < 1.29 is 23.1 Å². The van der Waals surface area contributed by atoms with Crippen LogP contribution in [0.5, 0.6) is 0 Å². The minimum absolute atomic E-state index is 0.00470. The van der Waals surface area contributed by atoms with E-state index in [0.717, 1.165) is 5.69 Å². The monoisotopic (exact) mass is 382 g/mol. The lowest BCUT2D eigenvalue weighted by Crippen LogP contribution is -2.29. The van der Waals surface area contributed by atoms with Crippen molar-refractivity contribution in [3.8, 4) is 5.69 Å². The van der Waals surface area contributed by atoms with Gasteiger partial charge < -0.3 is 10.4 Å². The van der Waals surface area contributed by atoms with Crippen molar-refractivity contribution in [2.75, 3.05) is 5.32 Å². The molecule has 1 fully saturated rings. The second kappa shape index (κ2) is 8.08. The van der Waals surface area contributed by atoms with Gasteiger partial charge in [-0.2, -0.15) is 13.2 Å². The summed E-state index contributed by atoms with van der Waals surface area (Å²) >= 11 is 0. The van der Waals surface area contributed by atoms with Gasteiger partial charge in [0.05, 0.1) is 24.4 Å². The molecule has 0 saturated heterocycles. The van der Waals surface area contributed by atoms with E-state index in [1.54, 1.807) is 30.5 Å². The molecule has 0 atom stereocenters. The quantitative estimate of drug-likeness (QED) is 0.830. The molecule has 0 bridgehead atoms. The van der Waals surface area contributed by atoms with Crippen molar-refractivity contribution in [1.29, 1.82) is 0 Å². The zero-order chi connectivity index (χ0) is 19.4. The van der Waals surface area contributed by atoms with Gasteiger partial charge in [-0.15, -0.1) is 5.10 Å². The fourth-order valence-corrected chi connectivity index (χ4v) is 3.36. The summed E-state index contributed by atoms with van der Waals surface area (Å²) < 4.78 is 39.6. The van der Waals surface area contributed by atoms with Crippen LogP contribution in [0.15, 0.2) is 30.5 Å². The van der Waals surface area contributed by atoms with Crippen LogP contribution in [-0.2, 0) is 11.4 Å². The van der Waals surface area contributed by atoms with Crippen LogP contribution in [0, 0.1) is 11.8 Å². The second-order valence-corrected chi connectivity index (χ2v) is 6.87. The molecule has 2 aromatic rings. The Morgan fingerprint density at radius 1 is 1.19 bits per heavy atom. The van der Waals surface area contributed by atoms with Crippen LogP contribution >= 0.6 is 0 Å².